The third-order valence-corrected chi connectivity index (χ3v) is 4.34. The number of hydrogen-bond acceptors (Lipinski definition) is 4. The molecule has 2 aromatic heterocycles. The molecule has 1 N–H and O–H groups in total. The average molecular weight is 316 g/mol. The monoisotopic (exact) mass is 315 g/mol. The highest BCUT2D eigenvalue weighted by molar-refractivity contribution is 7.15. The summed E-state index contributed by atoms with van der Waals surface area (Å²) in [6, 6.07) is 1.97. The fraction of sp³-hybridized carbons (Fsp3) is 0.385. The van der Waals surface area contributed by atoms with E-state index in [0.29, 0.717) is 15.7 Å². The molecule has 3 nitrogen and oxygen atoms in total. The summed E-state index contributed by atoms with van der Waals surface area (Å²) in [7, 11) is 0. The Balaban J connectivity index is 2.20. The van der Waals surface area contributed by atoms with Crippen molar-refractivity contribution in [3.05, 3.63) is 33.4 Å². The molecule has 0 amide bonds. The summed E-state index contributed by atoms with van der Waals surface area (Å²) >= 11 is 13.6. The van der Waals surface area contributed by atoms with Crippen LogP contribution in [0.4, 0.5) is 0 Å². The molecular formula is C13H15Cl2N3S. The molecule has 0 spiro atoms. The second-order valence-electron chi connectivity index (χ2n) is 4.23. The lowest BCUT2D eigenvalue weighted by Gasteiger charge is -2.09. The first-order valence-corrected chi connectivity index (χ1v) is 7.69. The minimum Gasteiger partial charge on any atom is -0.309 e. The maximum atomic E-state index is 6.14. The van der Waals surface area contributed by atoms with Crippen molar-refractivity contribution in [2.24, 2.45) is 0 Å². The molecule has 0 aliphatic rings. The second-order valence-corrected chi connectivity index (χ2v) is 6.13. The molecule has 1 atom stereocenters. The van der Waals surface area contributed by atoms with Crippen molar-refractivity contribution in [1.29, 1.82) is 0 Å². The zero-order valence-electron chi connectivity index (χ0n) is 10.8. The lowest BCUT2D eigenvalue weighted by atomic mass is 10.3. The quantitative estimate of drug-likeness (QED) is 0.878. The molecule has 0 fully saturated rings. The van der Waals surface area contributed by atoms with Crippen molar-refractivity contribution >= 4 is 34.5 Å². The SMILES string of the molecule is CCCNC(C)c1cnc(-c2ncc(Cl)cc2Cl)s1. The van der Waals surface area contributed by atoms with E-state index in [0.717, 1.165) is 18.0 Å². The van der Waals surface area contributed by atoms with Gasteiger partial charge in [-0.1, -0.05) is 30.1 Å². The number of hydrogen-bond donors (Lipinski definition) is 1. The Morgan fingerprint density at radius 3 is 2.79 bits per heavy atom. The molecule has 0 radical (unpaired) electrons. The first kappa shape index (κ1) is 14.7. The summed E-state index contributed by atoms with van der Waals surface area (Å²) in [4.78, 5) is 9.82. The maximum absolute atomic E-state index is 6.14. The van der Waals surface area contributed by atoms with Gasteiger partial charge in [-0.2, -0.15) is 0 Å². The van der Waals surface area contributed by atoms with Crippen LogP contribution in [0.3, 0.4) is 0 Å². The highest BCUT2D eigenvalue weighted by atomic mass is 35.5. The van der Waals surface area contributed by atoms with Gasteiger partial charge in [-0.3, -0.25) is 4.98 Å². The number of aromatic nitrogens is 2. The van der Waals surface area contributed by atoms with Gasteiger partial charge >= 0.3 is 0 Å². The van der Waals surface area contributed by atoms with Crippen LogP contribution >= 0.6 is 34.5 Å². The van der Waals surface area contributed by atoms with E-state index < -0.39 is 0 Å². The molecule has 19 heavy (non-hydrogen) atoms. The van der Waals surface area contributed by atoms with Crippen LogP contribution in [0.5, 0.6) is 0 Å². The van der Waals surface area contributed by atoms with E-state index >= 15 is 0 Å². The molecule has 0 saturated carbocycles. The van der Waals surface area contributed by atoms with Gasteiger partial charge in [-0.15, -0.1) is 11.3 Å². The van der Waals surface area contributed by atoms with Crippen LogP contribution in [0.25, 0.3) is 10.7 Å². The zero-order chi connectivity index (χ0) is 13.8. The third kappa shape index (κ3) is 3.66. The number of pyridine rings is 1. The van der Waals surface area contributed by atoms with Crippen molar-refractivity contribution in [2.45, 2.75) is 26.3 Å². The van der Waals surface area contributed by atoms with Gasteiger partial charge in [-0.25, -0.2) is 4.98 Å². The molecule has 0 aromatic carbocycles. The van der Waals surface area contributed by atoms with E-state index in [1.807, 2.05) is 6.20 Å². The number of halogens is 2. The molecule has 2 rings (SSSR count). The van der Waals surface area contributed by atoms with Gasteiger partial charge in [-0.05, 0) is 26.0 Å². The molecule has 0 aliphatic heterocycles. The summed E-state index contributed by atoms with van der Waals surface area (Å²) in [6.07, 6.45) is 4.57. The predicted octanol–water partition coefficient (Wildman–Crippen LogP) is 4.57. The Kier molecular flexibility index (Phi) is 5.16. The van der Waals surface area contributed by atoms with Crippen molar-refractivity contribution in [2.75, 3.05) is 6.54 Å². The Hall–Kier alpha value is -0.680. The van der Waals surface area contributed by atoms with Crippen LogP contribution in [0.15, 0.2) is 18.5 Å². The number of nitrogens with one attached hydrogen (secondary N) is 1. The Labute approximate surface area is 127 Å². The summed E-state index contributed by atoms with van der Waals surface area (Å²) < 4.78 is 0. The molecule has 0 bridgehead atoms. The summed E-state index contributed by atoms with van der Waals surface area (Å²) in [5.74, 6) is 0. The van der Waals surface area contributed by atoms with Gasteiger partial charge in [0.05, 0.1) is 10.0 Å². The van der Waals surface area contributed by atoms with Gasteiger partial charge in [0.25, 0.3) is 0 Å². The Morgan fingerprint density at radius 1 is 1.32 bits per heavy atom. The number of rotatable bonds is 5. The van der Waals surface area contributed by atoms with Gasteiger partial charge < -0.3 is 5.32 Å². The minimum atomic E-state index is 0.289. The smallest absolute Gasteiger partial charge is 0.143 e. The summed E-state index contributed by atoms with van der Waals surface area (Å²) in [5, 5.41) is 5.32. The first-order chi connectivity index (χ1) is 9.11. The largest absolute Gasteiger partial charge is 0.309 e. The average Bonchev–Trinajstić information content (AvgIpc) is 2.85. The van der Waals surface area contributed by atoms with E-state index in [9.17, 15) is 0 Å². The maximum Gasteiger partial charge on any atom is 0.143 e. The van der Waals surface area contributed by atoms with E-state index in [1.165, 1.54) is 4.88 Å². The molecule has 2 aromatic rings. The highest BCUT2D eigenvalue weighted by Crippen LogP contribution is 2.32. The molecule has 0 aliphatic carbocycles. The van der Waals surface area contributed by atoms with Gasteiger partial charge in [0.1, 0.15) is 10.7 Å². The van der Waals surface area contributed by atoms with E-state index in [2.05, 4.69) is 29.1 Å². The van der Waals surface area contributed by atoms with Gasteiger partial charge in [0.15, 0.2) is 0 Å². The molecule has 0 saturated heterocycles. The molecular weight excluding hydrogens is 301 g/mol. The van der Waals surface area contributed by atoms with Crippen molar-refractivity contribution in [1.82, 2.24) is 15.3 Å². The minimum absolute atomic E-state index is 0.289. The summed E-state index contributed by atoms with van der Waals surface area (Å²) in [5.41, 5.74) is 0.685. The van der Waals surface area contributed by atoms with E-state index in [4.69, 9.17) is 23.2 Å². The van der Waals surface area contributed by atoms with Crippen LogP contribution in [0, 0.1) is 0 Å². The highest BCUT2D eigenvalue weighted by Gasteiger charge is 2.13. The second kappa shape index (κ2) is 6.66. The normalized spacial score (nSPS) is 12.6. The van der Waals surface area contributed by atoms with Crippen LogP contribution in [0.2, 0.25) is 10.0 Å². The fourth-order valence-corrected chi connectivity index (χ4v) is 3.11. The van der Waals surface area contributed by atoms with E-state index in [1.54, 1.807) is 23.6 Å². The van der Waals surface area contributed by atoms with Crippen molar-refractivity contribution < 1.29 is 0 Å². The van der Waals surface area contributed by atoms with Gasteiger partial charge in [0.2, 0.25) is 0 Å². The van der Waals surface area contributed by atoms with Gasteiger partial charge in [0, 0.05) is 23.3 Å². The number of nitrogens with zero attached hydrogens (tertiary/aromatic N) is 2. The topological polar surface area (TPSA) is 37.8 Å². The molecule has 2 heterocycles. The van der Waals surface area contributed by atoms with Crippen LogP contribution in [-0.2, 0) is 0 Å². The molecule has 6 heteroatoms. The number of thiazole rings is 1. The van der Waals surface area contributed by atoms with Crippen LogP contribution < -0.4 is 5.32 Å². The molecule has 1 unspecified atom stereocenters. The van der Waals surface area contributed by atoms with E-state index in [-0.39, 0.29) is 6.04 Å². The Bertz CT molecular complexity index is 557. The van der Waals surface area contributed by atoms with Crippen molar-refractivity contribution in [3.63, 3.8) is 0 Å². The third-order valence-electron chi connectivity index (χ3n) is 2.66. The standard InChI is InChI=1S/C13H15Cl2N3S/c1-3-4-16-8(2)11-7-18-13(19-11)12-10(15)5-9(14)6-17-12/h5-8,16H,3-4H2,1-2H3. The lowest BCUT2D eigenvalue weighted by Crippen LogP contribution is -2.18. The zero-order valence-corrected chi connectivity index (χ0v) is 13.1. The van der Waals surface area contributed by atoms with Crippen LogP contribution in [-0.4, -0.2) is 16.5 Å². The van der Waals surface area contributed by atoms with Crippen LogP contribution in [0.1, 0.15) is 31.2 Å². The lowest BCUT2D eigenvalue weighted by molar-refractivity contribution is 0.577. The fourth-order valence-electron chi connectivity index (χ4n) is 1.63. The predicted molar refractivity (Wildman–Crippen MR) is 82.1 cm³/mol. The molecule has 102 valence electrons. The Morgan fingerprint density at radius 2 is 2.11 bits per heavy atom. The first-order valence-electron chi connectivity index (χ1n) is 6.12. The van der Waals surface area contributed by atoms with Crippen molar-refractivity contribution in [3.8, 4) is 10.7 Å². The summed E-state index contributed by atoms with van der Waals surface area (Å²) in [6.45, 7) is 5.27.